The Morgan fingerprint density at radius 1 is 0.968 bits per heavy atom. The molecule has 3 rings (SSSR count). The summed E-state index contributed by atoms with van der Waals surface area (Å²) in [6.45, 7) is 1.44. The minimum absolute atomic E-state index is 0.0277. The number of ether oxygens (including phenoxy) is 1. The van der Waals surface area contributed by atoms with E-state index < -0.39 is 33.7 Å². The van der Waals surface area contributed by atoms with E-state index in [0.29, 0.717) is 5.56 Å². The fraction of sp³-hybridized carbons (Fsp3) is 0.0909. The lowest BCUT2D eigenvalue weighted by molar-refractivity contribution is 0.0320. The molecule has 1 N–H and O–H groups in total. The number of halogens is 2. The van der Waals surface area contributed by atoms with Gasteiger partial charge in [0.05, 0.1) is 16.1 Å². The van der Waals surface area contributed by atoms with Crippen LogP contribution in [-0.4, -0.2) is 26.3 Å². The molecular formula is C22H17BrFNO5S. The van der Waals surface area contributed by atoms with Gasteiger partial charge in [-0.3, -0.25) is 9.52 Å². The number of Topliss-reactive ketones (excluding diaryl/α,β-unsaturated/α-hetero) is 1. The van der Waals surface area contributed by atoms with E-state index in [4.69, 9.17) is 4.74 Å². The number of hydrogen-bond acceptors (Lipinski definition) is 5. The van der Waals surface area contributed by atoms with Gasteiger partial charge < -0.3 is 4.74 Å². The van der Waals surface area contributed by atoms with Gasteiger partial charge in [0.15, 0.2) is 6.10 Å². The van der Waals surface area contributed by atoms with Crippen LogP contribution in [0.2, 0.25) is 0 Å². The number of para-hydroxylation sites is 1. The maximum absolute atomic E-state index is 13.1. The number of benzene rings is 3. The van der Waals surface area contributed by atoms with Gasteiger partial charge in [0.2, 0.25) is 5.78 Å². The van der Waals surface area contributed by atoms with Crippen molar-refractivity contribution in [1.82, 2.24) is 0 Å². The lowest BCUT2D eigenvalue weighted by Crippen LogP contribution is -2.25. The van der Waals surface area contributed by atoms with Crippen LogP contribution in [0.15, 0.2) is 82.2 Å². The van der Waals surface area contributed by atoms with Crippen molar-refractivity contribution in [1.29, 1.82) is 0 Å². The Morgan fingerprint density at radius 2 is 1.58 bits per heavy atom. The monoisotopic (exact) mass is 505 g/mol. The molecule has 0 aliphatic carbocycles. The van der Waals surface area contributed by atoms with Crippen molar-refractivity contribution in [3.8, 4) is 0 Å². The number of rotatable bonds is 7. The van der Waals surface area contributed by atoms with E-state index in [1.165, 1.54) is 31.2 Å². The molecule has 6 nitrogen and oxygen atoms in total. The molecule has 0 bridgehead atoms. The molecule has 9 heteroatoms. The van der Waals surface area contributed by atoms with E-state index in [-0.39, 0.29) is 16.1 Å². The van der Waals surface area contributed by atoms with Crippen molar-refractivity contribution in [2.45, 2.75) is 17.9 Å². The van der Waals surface area contributed by atoms with Crippen molar-refractivity contribution in [2.75, 3.05) is 4.72 Å². The Morgan fingerprint density at radius 3 is 2.23 bits per heavy atom. The fourth-order valence-electron chi connectivity index (χ4n) is 2.69. The number of nitrogens with one attached hydrogen (secondary N) is 1. The summed E-state index contributed by atoms with van der Waals surface area (Å²) in [4.78, 5) is 25.0. The first-order chi connectivity index (χ1) is 14.7. The molecule has 0 aliphatic heterocycles. The molecule has 0 saturated carbocycles. The first-order valence-electron chi connectivity index (χ1n) is 9.05. The highest BCUT2D eigenvalue weighted by atomic mass is 79.9. The molecule has 0 spiro atoms. The van der Waals surface area contributed by atoms with Gasteiger partial charge in [-0.25, -0.2) is 17.6 Å². The van der Waals surface area contributed by atoms with Crippen molar-refractivity contribution in [3.63, 3.8) is 0 Å². The second-order valence-electron chi connectivity index (χ2n) is 6.52. The molecule has 3 aromatic carbocycles. The standard InChI is InChI=1S/C22H17BrFNO5S/c1-14(21(26)15-6-8-16(23)9-7-15)30-22(27)19-4-2-3-5-20(19)25-31(28,29)18-12-10-17(24)11-13-18/h2-14,25H,1H3/t14-/m0/s1. The van der Waals surface area contributed by atoms with Crippen LogP contribution in [0.3, 0.4) is 0 Å². The SMILES string of the molecule is C[C@H](OC(=O)c1ccccc1NS(=O)(=O)c1ccc(F)cc1)C(=O)c1ccc(Br)cc1. The van der Waals surface area contributed by atoms with Crippen molar-refractivity contribution in [3.05, 3.63) is 94.2 Å². The van der Waals surface area contributed by atoms with E-state index in [1.54, 1.807) is 24.3 Å². The highest BCUT2D eigenvalue weighted by molar-refractivity contribution is 9.10. The van der Waals surface area contributed by atoms with Gasteiger partial charge >= 0.3 is 5.97 Å². The summed E-state index contributed by atoms with van der Waals surface area (Å²) >= 11 is 3.28. The van der Waals surface area contributed by atoms with E-state index in [9.17, 15) is 22.4 Å². The molecule has 0 heterocycles. The maximum atomic E-state index is 13.1. The van der Waals surface area contributed by atoms with Crippen LogP contribution in [-0.2, 0) is 14.8 Å². The second kappa shape index (κ2) is 9.40. The van der Waals surface area contributed by atoms with Gasteiger partial charge in [0.25, 0.3) is 10.0 Å². The molecule has 0 fully saturated rings. The smallest absolute Gasteiger partial charge is 0.340 e. The molecular weight excluding hydrogens is 489 g/mol. The third-order valence-electron chi connectivity index (χ3n) is 4.30. The summed E-state index contributed by atoms with van der Waals surface area (Å²) in [5.74, 6) is -1.84. The fourth-order valence-corrected chi connectivity index (χ4v) is 4.04. The van der Waals surface area contributed by atoms with Crippen molar-refractivity contribution >= 4 is 43.4 Å². The van der Waals surface area contributed by atoms with Gasteiger partial charge in [-0.15, -0.1) is 0 Å². The largest absolute Gasteiger partial charge is 0.451 e. The molecule has 0 aliphatic rings. The normalized spacial score (nSPS) is 12.1. The summed E-state index contributed by atoms with van der Waals surface area (Å²) in [5, 5.41) is 0. The van der Waals surface area contributed by atoms with Crippen molar-refractivity contribution < 1.29 is 27.1 Å². The zero-order valence-corrected chi connectivity index (χ0v) is 18.6. The van der Waals surface area contributed by atoms with Crippen LogP contribution < -0.4 is 4.72 Å². The molecule has 0 unspecified atom stereocenters. The Kier molecular flexibility index (Phi) is 6.87. The predicted molar refractivity (Wildman–Crippen MR) is 117 cm³/mol. The number of carbonyl (C=O) groups is 2. The van der Waals surface area contributed by atoms with Gasteiger partial charge in [-0.05, 0) is 55.5 Å². The number of anilines is 1. The lowest BCUT2D eigenvalue weighted by Gasteiger charge is -2.15. The predicted octanol–water partition coefficient (Wildman–Crippen LogP) is 4.82. The number of sulfonamides is 1. The van der Waals surface area contributed by atoms with E-state index in [0.717, 1.165) is 28.7 Å². The topological polar surface area (TPSA) is 89.5 Å². The summed E-state index contributed by atoms with van der Waals surface area (Å²) < 4.78 is 46.6. The van der Waals surface area contributed by atoms with E-state index >= 15 is 0 Å². The molecule has 160 valence electrons. The summed E-state index contributed by atoms with van der Waals surface area (Å²) in [6.07, 6.45) is -1.09. The first kappa shape index (κ1) is 22.6. The van der Waals surface area contributed by atoms with Crippen LogP contribution in [0.1, 0.15) is 27.6 Å². The van der Waals surface area contributed by atoms with E-state index in [1.807, 2.05) is 0 Å². The molecule has 1 atom stereocenters. The Balaban J connectivity index is 1.79. The minimum atomic E-state index is -4.07. The molecule has 0 saturated heterocycles. The van der Waals surface area contributed by atoms with Gasteiger partial charge in [0, 0.05) is 10.0 Å². The maximum Gasteiger partial charge on any atom is 0.340 e. The third-order valence-corrected chi connectivity index (χ3v) is 6.21. The van der Waals surface area contributed by atoms with Crippen LogP contribution >= 0.6 is 15.9 Å². The van der Waals surface area contributed by atoms with Gasteiger partial charge in [-0.2, -0.15) is 0 Å². The van der Waals surface area contributed by atoms with Gasteiger partial charge in [-0.1, -0.05) is 40.2 Å². The van der Waals surface area contributed by atoms with Crippen molar-refractivity contribution in [2.24, 2.45) is 0 Å². The lowest BCUT2D eigenvalue weighted by atomic mass is 10.1. The van der Waals surface area contributed by atoms with Gasteiger partial charge in [0.1, 0.15) is 5.82 Å². The summed E-state index contributed by atoms with van der Waals surface area (Å²) in [6, 6.07) is 16.7. The highest BCUT2D eigenvalue weighted by Crippen LogP contribution is 2.22. The van der Waals surface area contributed by atoms with Crippen LogP contribution in [0.25, 0.3) is 0 Å². The summed E-state index contributed by atoms with van der Waals surface area (Å²) in [7, 11) is -4.07. The Labute approximate surface area is 187 Å². The Hall–Kier alpha value is -3.04. The average molecular weight is 506 g/mol. The second-order valence-corrected chi connectivity index (χ2v) is 9.12. The highest BCUT2D eigenvalue weighted by Gasteiger charge is 2.24. The number of ketones is 1. The van der Waals surface area contributed by atoms with Crippen LogP contribution in [0.4, 0.5) is 10.1 Å². The number of hydrogen-bond donors (Lipinski definition) is 1. The molecule has 0 amide bonds. The first-order valence-corrected chi connectivity index (χ1v) is 11.3. The molecule has 0 aromatic heterocycles. The quantitative estimate of drug-likeness (QED) is 0.367. The third kappa shape index (κ3) is 5.56. The summed E-state index contributed by atoms with van der Waals surface area (Å²) in [5.41, 5.74) is 0.276. The zero-order valence-electron chi connectivity index (χ0n) is 16.2. The number of carbonyl (C=O) groups excluding carboxylic acids is 2. The molecule has 31 heavy (non-hydrogen) atoms. The molecule has 0 radical (unpaired) electrons. The van der Waals surface area contributed by atoms with Crippen LogP contribution in [0.5, 0.6) is 0 Å². The number of esters is 1. The Bertz CT molecular complexity index is 1210. The average Bonchev–Trinajstić information content (AvgIpc) is 2.74. The van der Waals surface area contributed by atoms with Crippen LogP contribution in [0, 0.1) is 5.82 Å². The zero-order chi connectivity index (χ0) is 22.6. The van der Waals surface area contributed by atoms with E-state index in [2.05, 4.69) is 20.7 Å². The minimum Gasteiger partial charge on any atom is -0.451 e. The molecule has 3 aromatic rings.